The van der Waals surface area contributed by atoms with Crippen molar-refractivity contribution in [1.82, 2.24) is 0 Å². The van der Waals surface area contributed by atoms with Gasteiger partial charge in [-0.3, -0.25) is 0 Å². The molecule has 0 aliphatic carbocycles. The lowest BCUT2D eigenvalue weighted by Crippen LogP contribution is -2.02. The Morgan fingerprint density at radius 3 is 3.15 bits per heavy atom. The van der Waals surface area contributed by atoms with E-state index in [4.69, 9.17) is 4.74 Å². The summed E-state index contributed by atoms with van der Waals surface area (Å²) in [4.78, 5) is 11.4. The van der Waals surface area contributed by atoms with Crippen LogP contribution in [0.2, 0.25) is 0 Å². The molecule has 2 heterocycles. The van der Waals surface area contributed by atoms with Crippen molar-refractivity contribution in [3.05, 3.63) is 22.4 Å². The van der Waals surface area contributed by atoms with E-state index in [1.165, 1.54) is 0 Å². The van der Waals surface area contributed by atoms with Gasteiger partial charge in [0.05, 0.1) is 16.9 Å². The van der Waals surface area contributed by atoms with Gasteiger partial charge in [0.25, 0.3) is 0 Å². The molecule has 0 unspecified atom stereocenters. The van der Waals surface area contributed by atoms with Crippen molar-refractivity contribution in [1.29, 1.82) is 0 Å². The molecular formula is C9H8O2S2. The van der Waals surface area contributed by atoms with Gasteiger partial charge >= 0.3 is 5.97 Å². The molecule has 2 nitrogen and oxygen atoms in total. The van der Waals surface area contributed by atoms with Crippen molar-refractivity contribution < 1.29 is 9.53 Å². The first-order chi connectivity index (χ1) is 6.33. The lowest BCUT2D eigenvalue weighted by molar-refractivity contribution is 0.0529. The van der Waals surface area contributed by atoms with Gasteiger partial charge in [-0.05, 0) is 18.4 Å². The molecule has 2 aromatic heterocycles. The second-order valence-corrected chi connectivity index (χ2v) is 4.31. The van der Waals surface area contributed by atoms with Gasteiger partial charge in [0.15, 0.2) is 0 Å². The monoisotopic (exact) mass is 212 g/mol. The van der Waals surface area contributed by atoms with Gasteiger partial charge in [0.1, 0.15) is 0 Å². The second-order valence-electron chi connectivity index (χ2n) is 2.48. The molecule has 13 heavy (non-hydrogen) atoms. The molecule has 0 amide bonds. The van der Waals surface area contributed by atoms with Crippen molar-refractivity contribution in [3.63, 3.8) is 0 Å². The summed E-state index contributed by atoms with van der Waals surface area (Å²) in [6.07, 6.45) is 0. The van der Waals surface area contributed by atoms with Gasteiger partial charge in [0, 0.05) is 10.1 Å². The number of fused-ring (bicyclic) bond motifs is 1. The Bertz CT molecular complexity index is 427. The fourth-order valence-corrected chi connectivity index (χ4v) is 3.18. The molecule has 4 heteroatoms. The lowest BCUT2D eigenvalue weighted by atomic mass is 10.3. The molecule has 0 radical (unpaired) electrons. The number of carbonyl (C=O) groups is 1. The Morgan fingerprint density at radius 1 is 1.54 bits per heavy atom. The predicted molar refractivity (Wildman–Crippen MR) is 55.7 cm³/mol. The van der Waals surface area contributed by atoms with E-state index in [9.17, 15) is 4.79 Å². The first kappa shape index (κ1) is 8.72. The molecule has 2 rings (SSSR count). The van der Waals surface area contributed by atoms with Gasteiger partial charge in [0.2, 0.25) is 0 Å². The zero-order valence-corrected chi connectivity index (χ0v) is 8.71. The second kappa shape index (κ2) is 3.47. The molecule has 0 aliphatic heterocycles. The van der Waals surface area contributed by atoms with E-state index >= 15 is 0 Å². The minimum atomic E-state index is -0.212. The van der Waals surface area contributed by atoms with Crippen LogP contribution in [0.15, 0.2) is 16.8 Å². The average Bonchev–Trinajstić information content (AvgIpc) is 2.62. The Morgan fingerprint density at radius 2 is 2.38 bits per heavy atom. The van der Waals surface area contributed by atoms with Crippen LogP contribution in [0.25, 0.3) is 9.40 Å². The summed E-state index contributed by atoms with van der Waals surface area (Å²) in [6, 6.07) is 2.02. The first-order valence-electron chi connectivity index (χ1n) is 3.94. The Kier molecular flexibility index (Phi) is 2.33. The smallest absolute Gasteiger partial charge is 0.340 e. The van der Waals surface area contributed by atoms with Crippen LogP contribution in [0.3, 0.4) is 0 Å². The predicted octanol–water partition coefficient (Wildman–Crippen LogP) is 3.14. The van der Waals surface area contributed by atoms with Crippen LogP contribution in [0.4, 0.5) is 0 Å². The molecule has 2 aromatic rings. The Hall–Kier alpha value is -0.870. The molecule has 0 aliphatic rings. The molecule has 0 spiro atoms. The van der Waals surface area contributed by atoms with Crippen LogP contribution in [-0.2, 0) is 4.74 Å². The first-order valence-corrected chi connectivity index (χ1v) is 5.70. The maximum absolute atomic E-state index is 11.4. The average molecular weight is 212 g/mol. The molecular weight excluding hydrogens is 204 g/mol. The van der Waals surface area contributed by atoms with Crippen molar-refractivity contribution in [2.75, 3.05) is 6.61 Å². The highest BCUT2D eigenvalue weighted by molar-refractivity contribution is 7.26. The minimum absolute atomic E-state index is 0.212. The van der Waals surface area contributed by atoms with E-state index in [0.29, 0.717) is 12.2 Å². The van der Waals surface area contributed by atoms with Crippen LogP contribution in [0, 0.1) is 0 Å². The van der Waals surface area contributed by atoms with E-state index in [2.05, 4.69) is 0 Å². The summed E-state index contributed by atoms with van der Waals surface area (Å²) in [7, 11) is 0. The summed E-state index contributed by atoms with van der Waals surface area (Å²) in [5.74, 6) is -0.212. The number of esters is 1. The summed E-state index contributed by atoms with van der Waals surface area (Å²) < 4.78 is 7.14. The van der Waals surface area contributed by atoms with E-state index in [0.717, 1.165) is 9.40 Å². The van der Waals surface area contributed by atoms with Crippen LogP contribution in [0.5, 0.6) is 0 Å². The molecule has 0 atom stereocenters. The van der Waals surface area contributed by atoms with Gasteiger partial charge in [-0.15, -0.1) is 22.7 Å². The van der Waals surface area contributed by atoms with Crippen molar-refractivity contribution in [2.45, 2.75) is 6.92 Å². The van der Waals surface area contributed by atoms with Crippen LogP contribution >= 0.6 is 22.7 Å². The molecule has 0 bridgehead atoms. The molecule has 68 valence electrons. The number of rotatable bonds is 2. The molecule has 0 N–H and O–H groups in total. The third-order valence-corrected chi connectivity index (χ3v) is 3.70. The van der Waals surface area contributed by atoms with E-state index < -0.39 is 0 Å². The largest absolute Gasteiger partial charge is 0.462 e. The summed E-state index contributed by atoms with van der Waals surface area (Å²) in [6.45, 7) is 2.25. The Balaban J connectivity index is 2.42. The molecule has 0 aromatic carbocycles. The maximum Gasteiger partial charge on any atom is 0.340 e. The fourth-order valence-electron chi connectivity index (χ4n) is 1.11. The van der Waals surface area contributed by atoms with E-state index in [1.807, 2.05) is 23.8 Å². The zero-order chi connectivity index (χ0) is 9.26. The molecule has 0 saturated carbocycles. The number of carbonyl (C=O) groups excluding carboxylic acids is 1. The summed E-state index contributed by atoms with van der Waals surface area (Å²) in [5.41, 5.74) is 0.705. The number of hydrogen-bond acceptors (Lipinski definition) is 4. The van der Waals surface area contributed by atoms with Crippen molar-refractivity contribution in [2.24, 2.45) is 0 Å². The highest BCUT2D eigenvalue weighted by Gasteiger charge is 2.13. The summed E-state index contributed by atoms with van der Waals surface area (Å²) >= 11 is 3.17. The number of thiophene rings is 2. The summed E-state index contributed by atoms with van der Waals surface area (Å²) in [5, 5.41) is 3.85. The van der Waals surface area contributed by atoms with Gasteiger partial charge in [-0.1, -0.05) is 0 Å². The van der Waals surface area contributed by atoms with Crippen molar-refractivity contribution in [3.8, 4) is 0 Å². The quantitative estimate of drug-likeness (QED) is 0.715. The normalized spacial score (nSPS) is 10.5. The lowest BCUT2D eigenvalue weighted by Gasteiger charge is -1.97. The number of hydrogen-bond donors (Lipinski definition) is 0. The van der Waals surface area contributed by atoms with Crippen LogP contribution < -0.4 is 0 Å². The fraction of sp³-hybridized carbons (Fsp3) is 0.222. The highest BCUT2D eigenvalue weighted by atomic mass is 32.1. The topological polar surface area (TPSA) is 26.3 Å². The van der Waals surface area contributed by atoms with Gasteiger partial charge < -0.3 is 4.74 Å². The SMILES string of the molecule is CCOC(=O)c1csc2ccsc12. The Labute approximate surface area is 83.8 Å². The third kappa shape index (κ3) is 1.47. The highest BCUT2D eigenvalue weighted by Crippen LogP contribution is 2.31. The zero-order valence-electron chi connectivity index (χ0n) is 7.07. The van der Waals surface area contributed by atoms with Crippen LogP contribution in [0.1, 0.15) is 17.3 Å². The van der Waals surface area contributed by atoms with E-state index in [1.54, 1.807) is 22.7 Å². The van der Waals surface area contributed by atoms with E-state index in [-0.39, 0.29) is 5.97 Å². The van der Waals surface area contributed by atoms with Crippen LogP contribution in [-0.4, -0.2) is 12.6 Å². The number of ether oxygens (including phenoxy) is 1. The van der Waals surface area contributed by atoms with Crippen molar-refractivity contribution >= 4 is 38.0 Å². The van der Waals surface area contributed by atoms with Gasteiger partial charge in [-0.25, -0.2) is 4.79 Å². The van der Waals surface area contributed by atoms with Gasteiger partial charge in [-0.2, -0.15) is 0 Å². The standard InChI is InChI=1S/C9H8O2S2/c1-2-11-9(10)6-5-13-7-3-4-12-8(6)7/h3-5H,2H2,1H3. The maximum atomic E-state index is 11.4. The molecule has 0 saturated heterocycles. The molecule has 0 fully saturated rings. The minimum Gasteiger partial charge on any atom is -0.462 e. The third-order valence-electron chi connectivity index (χ3n) is 1.67.